The Morgan fingerprint density at radius 2 is 1.41 bits per heavy atom. The molecule has 1 aromatic carbocycles. The van der Waals surface area contributed by atoms with Crippen LogP contribution in [0.4, 0.5) is 0 Å². The lowest BCUT2D eigenvalue weighted by Crippen LogP contribution is -2.12. The quantitative estimate of drug-likeness (QED) is 0.876. The van der Waals surface area contributed by atoms with Crippen molar-refractivity contribution in [3.05, 3.63) is 28.8 Å². The first-order chi connectivity index (χ1) is 7.90. The van der Waals surface area contributed by atoms with Gasteiger partial charge in [0.1, 0.15) is 5.75 Å². The molecule has 0 spiro atoms. The highest BCUT2D eigenvalue weighted by Gasteiger charge is 2.18. The molecular weight excluding hydrogens is 216 g/mol. The molecule has 0 atom stereocenters. The summed E-state index contributed by atoms with van der Waals surface area (Å²) in [7, 11) is 3.25. The van der Waals surface area contributed by atoms with Crippen molar-refractivity contribution in [2.24, 2.45) is 0 Å². The van der Waals surface area contributed by atoms with Crippen molar-refractivity contribution in [1.82, 2.24) is 0 Å². The van der Waals surface area contributed by atoms with E-state index in [0.717, 1.165) is 11.1 Å². The number of methoxy groups -OCH3 is 2. The lowest BCUT2D eigenvalue weighted by molar-refractivity contribution is 0.174. The number of phenols is 1. The second kappa shape index (κ2) is 5.52. The fourth-order valence-electron chi connectivity index (χ4n) is 1.72. The summed E-state index contributed by atoms with van der Waals surface area (Å²) < 4.78 is 10.2. The third-order valence-corrected chi connectivity index (χ3v) is 2.73. The van der Waals surface area contributed by atoms with Gasteiger partial charge >= 0.3 is 0 Å². The van der Waals surface area contributed by atoms with Crippen molar-refractivity contribution in [3.8, 4) is 5.75 Å². The van der Waals surface area contributed by atoms with Crippen LogP contribution >= 0.6 is 0 Å². The molecule has 3 heteroatoms. The molecule has 96 valence electrons. The maximum absolute atomic E-state index is 10.1. The summed E-state index contributed by atoms with van der Waals surface area (Å²) in [4.78, 5) is 0. The summed E-state index contributed by atoms with van der Waals surface area (Å²) in [5.41, 5.74) is 2.84. The van der Waals surface area contributed by atoms with E-state index in [0.29, 0.717) is 13.2 Å². The van der Waals surface area contributed by atoms with Gasteiger partial charge in [0.05, 0.1) is 13.2 Å². The van der Waals surface area contributed by atoms with E-state index in [4.69, 9.17) is 9.47 Å². The third kappa shape index (κ3) is 3.45. The maximum atomic E-state index is 10.1. The Morgan fingerprint density at radius 3 is 1.71 bits per heavy atom. The van der Waals surface area contributed by atoms with Crippen LogP contribution in [-0.2, 0) is 28.1 Å². The molecule has 1 aromatic rings. The summed E-state index contributed by atoms with van der Waals surface area (Å²) in [6, 6.07) is 4.00. The first-order valence-electron chi connectivity index (χ1n) is 5.73. The summed E-state index contributed by atoms with van der Waals surface area (Å²) in [6.45, 7) is 7.25. The summed E-state index contributed by atoms with van der Waals surface area (Å²) in [5.74, 6) is 0.279. The number of hydrogen-bond acceptors (Lipinski definition) is 3. The van der Waals surface area contributed by atoms with E-state index in [1.54, 1.807) is 14.2 Å². The minimum atomic E-state index is 0.0404. The van der Waals surface area contributed by atoms with Gasteiger partial charge < -0.3 is 14.6 Å². The minimum Gasteiger partial charge on any atom is -0.507 e. The Balaban J connectivity index is 3.26. The average molecular weight is 238 g/mol. The van der Waals surface area contributed by atoms with Crippen LogP contribution in [-0.4, -0.2) is 19.3 Å². The van der Waals surface area contributed by atoms with Crippen LogP contribution in [0.1, 0.15) is 37.5 Å². The average Bonchev–Trinajstić information content (AvgIpc) is 2.22. The van der Waals surface area contributed by atoms with Crippen LogP contribution in [0.15, 0.2) is 12.1 Å². The second-order valence-corrected chi connectivity index (χ2v) is 5.26. The molecule has 0 bridgehead atoms. The van der Waals surface area contributed by atoms with Crippen LogP contribution in [0.5, 0.6) is 5.75 Å². The second-order valence-electron chi connectivity index (χ2n) is 5.26. The van der Waals surface area contributed by atoms with Gasteiger partial charge in [0.15, 0.2) is 0 Å². The summed E-state index contributed by atoms with van der Waals surface area (Å²) >= 11 is 0. The molecular formula is C14H22O3. The number of rotatable bonds is 4. The van der Waals surface area contributed by atoms with E-state index in [2.05, 4.69) is 20.8 Å². The van der Waals surface area contributed by atoms with Crippen molar-refractivity contribution in [2.75, 3.05) is 14.2 Å². The van der Waals surface area contributed by atoms with E-state index in [1.807, 2.05) is 12.1 Å². The van der Waals surface area contributed by atoms with Gasteiger partial charge in [-0.25, -0.2) is 0 Å². The maximum Gasteiger partial charge on any atom is 0.126 e. The Kier molecular flexibility index (Phi) is 4.54. The normalized spacial score (nSPS) is 11.8. The Hall–Kier alpha value is -1.06. The van der Waals surface area contributed by atoms with Crippen molar-refractivity contribution < 1.29 is 14.6 Å². The highest BCUT2D eigenvalue weighted by atomic mass is 16.5. The van der Waals surface area contributed by atoms with E-state index < -0.39 is 0 Å². The third-order valence-electron chi connectivity index (χ3n) is 2.73. The largest absolute Gasteiger partial charge is 0.507 e. The minimum absolute atomic E-state index is 0.0404. The van der Waals surface area contributed by atoms with Crippen molar-refractivity contribution in [3.63, 3.8) is 0 Å². The van der Waals surface area contributed by atoms with Crippen LogP contribution < -0.4 is 0 Å². The van der Waals surface area contributed by atoms with Gasteiger partial charge in [-0.1, -0.05) is 20.8 Å². The fraction of sp³-hybridized carbons (Fsp3) is 0.571. The van der Waals surface area contributed by atoms with E-state index in [1.165, 1.54) is 5.56 Å². The molecule has 0 heterocycles. The Morgan fingerprint density at radius 1 is 1.00 bits per heavy atom. The molecule has 1 N–H and O–H groups in total. The van der Waals surface area contributed by atoms with E-state index in [9.17, 15) is 5.11 Å². The number of benzene rings is 1. The highest BCUT2D eigenvalue weighted by molar-refractivity contribution is 5.45. The standard InChI is InChI=1S/C14H22O3/c1-14(2,3)12-6-10(8-16-4)13(15)11(7-12)9-17-5/h6-7,15H,8-9H2,1-5H3. The van der Waals surface area contributed by atoms with Crippen LogP contribution in [0.3, 0.4) is 0 Å². The summed E-state index contributed by atoms with van der Waals surface area (Å²) in [6.07, 6.45) is 0. The molecule has 0 amide bonds. The van der Waals surface area contributed by atoms with E-state index >= 15 is 0 Å². The molecule has 0 unspecified atom stereocenters. The van der Waals surface area contributed by atoms with Crippen molar-refractivity contribution in [1.29, 1.82) is 0 Å². The van der Waals surface area contributed by atoms with Gasteiger partial charge in [0, 0.05) is 25.3 Å². The Labute approximate surface area is 103 Å². The van der Waals surface area contributed by atoms with Gasteiger partial charge in [0.2, 0.25) is 0 Å². The molecule has 0 saturated heterocycles. The van der Waals surface area contributed by atoms with Gasteiger partial charge in [-0.3, -0.25) is 0 Å². The number of ether oxygens (including phenoxy) is 2. The summed E-state index contributed by atoms with van der Waals surface area (Å²) in [5, 5.41) is 10.1. The van der Waals surface area contributed by atoms with Crippen molar-refractivity contribution >= 4 is 0 Å². The first kappa shape index (κ1) is 14.0. The molecule has 1 rings (SSSR count). The van der Waals surface area contributed by atoms with Gasteiger partial charge in [-0.2, -0.15) is 0 Å². The molecule has 3 nitrogen and oxygen atoms in total. The molecule has 0 aliphatic rings. The van der Waals surface area contributed by atoms with Crippen LogP contribution in [0.2, 0.25) is 0 Å². The van der Waals surface area contributed by atoms with E-state index in [-0.39, 0.29) is 11.2 Å². The molecule has 0 saturated carbocycles. The molecule has 0 fully saturated rings. The molecule has 0 radical (unpaired) electrons. The van der Waals surface area contributed by atoms with Crippen LogP contribution in [0, 0.1) is 0 Å². The zero-order valence-electron chi connectivity index (χ0n) is 11.3. The smallest absolute Gasteiger partial charge is 0.126 e. The first-order valence-corrected chi connectivity index (χ1v) is 5.73. The molecule has 17 heavy (non-hydrogen) atoms. The predicted octanol–water partition coefficient (Wildman–Crippen LogP) is 2.98. The molecule has 0 aliphatic heterocycles. The Bertz CT molecular complexity index is 351. The van der Waals surface area contributed by atoms with Crippen molar-refractivity contribution in [2.45, 2.75) is 39.4 Å². The lowest BCUT2D eigenvalue weighted by Gasteiger charge is -2.22. The number of aromatic hydroxyl groups is 1. The SMILES string of the molecule is COCc1cc(C(C)(C)C)cc(COC)c1O. The van der Waals surface area contributed by atoms with Gasteiger partial charge in [-0.05, 0) is 23.1 Å². The fourth-order valence-corrected chi connectivity index (χ4v) is 1.72. The predicted molar refractivity (Wildman–Crippen MR) is 68.2 cm³/mol. The molecule has 0 aromatic heterocycles. The van der Waals surface area contributed by atoms with Gasteiger partial charge in [0.25, 0.3) is 0 Å². The monoisotopic (exact) mass is 238 g/mol. The lowest BCUT2D eigenvalue weighted by atomic mass is 9.85. The van der Waals surface area contributed by atoms with Gasteiger partial charge in [-0.15, -0.1) is 0 Å². The number of hydrogen-bond donors (Lipinski definition) is 1. The number of phenolic OH excluding ortho intramolecular Hbond substituents is 1. The zero-order chi connectivity index (χ0) is 13.1. The topological polar surface area (TPSA) is 38.7 Å². The molecule has 0 aliphatic carbocycles. The van der Waals surface area contributed by atoms with Crippen LogP contribution in [0.25, 0.3) is 0 Å². The highest BCUT2D eigenvalue weighted by Crippen LogP contribution is 2.31. The zero-order valence-corrected chi connectivity index (χ0v) is 11.3.